The van der Waals surface area contributed by atoms with Gasteiger partial charge in [0.15, 0.2) is 0 Å². The molecule has 8 heteroatoms. The van der Waals surface area contributed by atoms with Crippen molar-refractivity contribution in [1.82, 2.24) is 4.89 Å². The molecule has 1 heterocycles. The molecule has 0 aliphatic rings. The average molecular weight is 293 g/mol. The second-order valence-corrected chi connectivity index (χ2v) is 7.12. The molecular weight excluding hydrogens is 278 g/mol. The molecule has 102 valence electrons. The highest BCUT2D eigenvalue weighted by Gasteiger charge is 2.18. The number of hydrogen-bond donors (Lipinski definition) is 2. The first-order valence-corrected chi connectivity index (χ1v) is 7.55. The summed E-state index contributed by atoms with van der Waals surface area (Å²) in [4.78, 5) is 17.8. The molecule has 0 saturated carbocycles. The van der Waals surface area contributed by atoms with Crippen LogP contribution < -0.4 is 4.89 Å². The van der Waals surface area contributed by atoms with Crippen LogP contribution in [-0.2, 0) is 26.1 Å². The highest BCUT2D eigenvalue weighted by Crippen LogP contribution is 2.21. The molecule has 0 radical (unpaired) electrons. The first-order chi connectivity index (χ1) is 8.31. The lowest BCUT2D eigenvalue weighted by molar-refractivity contribution is -0.136. The van der Waals surface area contributed by atoms with Crippen molar-refractivity contribution in [2.75, 3.05) is 6.61 Å². The van der Waals surface area contributed by atoms with Crippen LogP contribution in [0.5, 0.6) is 0 Å². The standard InChI is InChI=1S/C10H15NO5S2/c1-7(2)6-16-11-18(14,15)10-4-3-8(17-10)5-9(12)13/h3-4,7,11H,5-6H2,1-2H3,(H,12,13). The number of rotatable bonds is 7. The van der Waals surface area contributed by atoms with Crippen LogP contribution in [0.3, 0.4) is 0 Å². The van der Waals surface area contributed by atoms with Crippen molar-refractivity contribution in [3.63, 3.8) is 0 Å². The van der Waals surface area contributed by atoms with Crippen molar-refractivity contribution in [3.8, 4) is 0 Å². The van der Waals surface area contributed by atoms with Gasteiger partial charge in [0.1, 0.15) is 4.21 Å². The van der Waals surface area contributed by atoms with E-state index >= 15 is 0 Å². The maximum Gasteiger partial charge on any atom is 0.308 e. The lowest BCUT2D eigenvalue weighted by Crippen LogP contribution is -2.25. The Hall–Kier alpha value is -0.960. The monoisotopic (exact) mass is 293 g/mol. The SMILES string of the molecule is CC(C)CONS(=O)(=O)c1ccc(CC(=O)O)s1. The highest BCUT2D eigenvalue weighted by molar-refractivity contribution is 7.91. The Morgan fingerprint density at radius 3 is 2.72 bits per heavy atom. The predicted molar refractivity (Wildman–Crippen MR) is 66.8 cm³/mol. The number of aliphatic carboxylic acids is 1. The van der Waals surface area contributed by atoms with Gasteiger partial charge in [0, 0.05) is 4.88 Å². The van der Waals surface area contributed by atoms with Gasteiger partial charge in [-0.3, -0.25) is 9.63 Å². The molecule has 0 saturated heterocycles. The third kappa shape index (κ3) is 4.73. The summed E-state index contributed by atoms with van der Waals surface area (Å²) in [7, 11) is -3.72. The maximum atomic E-state index is 11.7. The lowest BCUT2D eigenvalue weighted by atomic mass is 10.2. The quantitative estimate of drug-likeness (QED) is 0.738. The van der Waals surface area contributed by atoms with Crippen LogP contribution in [0, 0.1) is 5.92 Å². The summed E-state index contributed by atoms with van der Waals surface area (Å²) in [6.45, 7) is 4.06. The smallest absolute Gasteiger partial charge is 0.308 e. The Morgan fingerprint density at radius 2 is 2.17 bits per heavy atom. The van der Waals surface area contributed by atoms with Crippen molar-refractivity contribution in [2.45, 2.75) is 24.5 Å². The highest BCUT2D eigenvalue weighted by atomic mass is 32.2. The number of sulfonamides is 1. The molecule has 0 aliphatic heterocycles. The molecule has 0 bridgehead atoms. The van der Waals surface area contributed by atoms with Crippen LogP contribution >= 0.6 is 11.3 Å². The minimum atomic E-state index is -3.72. The zero-order chi connectivity index (χ0) is 13.8. The normalized spacial score (nSPS) is 11.9. The number of hydrogen-bond acceptors (Lipinski definition) is 5. The second-order valence-electron chi connectivity index (χ2n) is 4.08. The van der Waals surface area contributed by atoms with E-state index in [2.05, 4.69) is 0 Å². The van der Waals surface area contributed by atoms with Crippen LogP contribution in [-0.4, -0.2) is 26.1 Å². The molecule has 18 heavy (non-hydrogen) atoms. The Morgan fingerprint density at radius 1 is 1.50 bits per heavy atom. The third-order valence-electron chi connectivity index (χ3n) is 1.81. The summed E-state index contributed by atoms with van der Waals surface area (Å²) in [6, 6.07) is 2.85. The van der Waals surface area contributed by atoms with Gasteiger partial charge in [-0.25, -0.2) is 8.42 Å². The average Bonchev–Trinajstić information content (AvgIpc) is 2.64. The minimum absolute atomic E-state index is 0.0440. The summed E-state index contributed by atoms with van der Waals surface area (Å²) >= 11 is 0.916. The zero-order valence-corrected chi connectivity index (χ0v) is 11.7. The molecule has 0 aromatic carbocycles. The van der Waals surface area contributed by atoms with Crippen LogP contribution in [0.4, 0.5) is 0 Å². The van der Waals surface area contributed by atoms with Gasteiger partial charge in [-0.05, 0) is 18.1 Å². The largest absolute Gasteiger partial charge is 0.481 e. The van der Waals surface area contributed by atoms with E-state index in [1.165, 1.54) is 12.1 Å². The number of nitrogens with one attached hydrogen (secondary N) is 1. The fraction of sp³-hybridized carbons (Fsp3) is 0.500. The zero-order valence-electron chi connectivity index (χ0n) is 10.0. The van der Waals surface area contributed by atoms with E-state index in [1.54, 1.807) is 0 Å². The van der Waals surface area contributed by atoms with Gasteiger partial charge in [-0.15, -0.1) is 11.3 Å². The molecule has 0 unspecified atom stereocenters. The molecule has 1 rings (SSSR count). The van der Waals surface area contributed by atoms with Gasteiger partial charge in [-0.1, -0.05) is 18.7 Å². The Bertz CT molecular complexity index is 506. The Labute approximate surface area is 110 Å². The molecule has 2 N–H and O–H groups in total. The predicted octanol–water partition coefficient (Wildman–Crippen LogP) is 1.24. The first-order valence-electron chi connectivity index (χ1n) is 5.25. The van der Waals surface area contributed by atoms with E-state index in [0.717, 1.165) is 11.3 Å². The number of carboxylic acids is 1. The summed E-state index contributed by atoms with van der Waals surface area (Å²) in [5.74, 6) is -0.788. The van der Waals surface area contributed by atoms with Crippen molar-refractivity contribution in [1.29, 1.82) is 0 Å². The van der Waals surface area contributed by atoms with Crippen LogP contribution in [0.25, 0.3) is 0 Å². The topological polar surface area (TPSA) is 92.7 Å². The fourth-order valence-electron chi connectivity index (χ4n) is 1.07. The Balaban J connectivity index is 2.67. The van der Waals surface area contributed by atoms with Crippen LogP contribution in [0.15, 0.2) is 16.3 Å². The van der Waals surface area contributed by atoms with Crippen LogP contribution in [0.1, 0.15) is 18.7 Å². The van der Waals surface area contributed by atoms with E-state index in [4.69, 9.17) is 9.94 Å². The second kappa shape index (κ2) is 6.28. The van der Waals surface area contributed by atoms with Gasteiger partial charge in [0.05, 0.1) is 13.0 Å². The summed E-state index contributed by atoms with van der Waals surface area (Å²) < 4.78 is 23.5. The Kier molecular flexibility index (Phi) is 5.27. The molecule has 0 aliphatic carbocycles. The molecular formula is C10H15NO5S2. The molecule has 0 atom stereocenters. The van der Waals surface area contributed by atoms with Crippen molar-refractivity contribution < 1.29 is 23.2 Å². The van der Waals surface area contributed by atoms with Gasteiger partial charge in [-0.2, -0.15) is 0 Å². The number of thiophene rings is 1. The molecule has 0 amide bonds. The number of carboxylic acid groups (broad SMARTS) is 1. The minimum Gasteiger partial charge on any atom is -0.481 e. The molecule has 0 fully saturated rings. The van der Waals surface area contributed by atoms with Gasteiger partial charge in [0.2, 0.25) is 0 Å². The summed E-state index contributed by atoms with van der Waals surface area (Å²) in [5, 5.41) is 8.60. The molecule has 0 spiro atoms. The lowest BCUT2D eigenvalue weighted by Gasteiger charge is -2.07. The maximum absolute atomic E-state index is 11.7. The van der Waals surface area contributed by atoms with Gasteiger partial charge < -0.3 is 5.11 Å². The molecule has 1 aromatic rings. The summed E-state index contributed by atoms with van der Waals surface area (Å²) in [6.07, 6.45) is -0.187. The van der Waals surface area contributed by atoms with Crippen molar-refractivity contribution in [2.24, 2.45) is 5.92 Å². The van der Waals surface area contributed by atoms with Crippen molar-refractivity contribution in [3.05, 3.63) is 17.0 Å². The van der Waals surface area contributed by atoms with Crippen LogP contribution in [0.2, 0.25) is 0 Å². The van der Waals surface area contributed by atoms with E-state index in [-0.39, 0.29) is 23.2 Å². The third-order valence-corrected chi connectivity index (χ3v) is 4.60. The van der Waals surface area contributed by atoms with E-state index < -0.39 is 16.0 Å². The number of carbonyl (C=O) groups is 1. The fourth-order valence-corrected chi connectivity index (χ4v) is 3.21. The van der Waals surface area contributed by atoms with Gasteiger partial charge >= 0.3 is 5.97 Å². The molecule has 6 nitrogen and oxygen atoms in total. The molecule has 1 aromatic heterocycles. The van der Waals surface area contributed by atoms with E-state index in [9.17, 15) is 13.2 Å². The first kappa shape index (κ1) is 15.1. The summed E-state index contributed by atoms with van der Waals surface area (Å²) in [5.41, 5.74) is 0. The van der Waals surface area contributed by atoms with E-state index in [1.807, 2.05) is 18.7 Å². The van der Waals surface area contributed by atoms with Gasteiger partial charge in [0.25, 0.3) is 10.0 Å². The van der Waals surface area contributed by atoms with Crippen molar-refractivity contribution >= 4 is 27.3 Å². The van der Waals surface area contributed by atoms with E-state index in [0.29, 0.717) is 4.88 Å².